The highest BCUT2D eigenvalue weighted by atomic mass is 32.2. The molecule has 0 fully saturated rings. The molecule has 0 bridgehead atoms. The summed E-state index contributed by atoms with van der Waals surface area (Å²) in [5.41, 5.74) is -0.922. The van der Waals surface area contributed by atoms with Gasteiger partial charge in [0.2, 0.25) is 35.7 Å². The lowest BCUT2D eigenvalue weighted by Gasteiger charge is -2.16. The summed E-state index contributed by atoms with van der Waals surface area (Å²) in [6.07, 6.45) is 0.444. The van der Waals surface area contributed by atoms with Gasteiger partial charge in [0.05, 0.1) is 70.1 Å². The van der Waals surface area contributed by atoms with Crippen LogP contribution in [0.1, 0.15) is 24.0 Å². The first-order chi connectivity index (χ1) is 39.6. The molecule has 0 aliphatic heterocycles. The van der Waals surface area contributed by atoms with Gasteiger partial charge in [-0.2, -0.15) is 55.2 Å². The predicted molar refractivity (Wildman–Crippen MR) is 283 cm³/mol. The normalized spacial score (nSPS) is 12.5. The lowest BCUT2D eigenvalue weighted by Crippen LogP contribution is -2.32. The molecule has 2 aromatic heterocycles. The second kappa shape index (κ2) is 28.8. The van der Waals surface area contributed by atoms with E-state index in [-0.39, 0.29) is 42.9 Å². The number of rotatable bonds is 32. The van der Waals surface area contributed by atoms with E-state index in [9.17, 15) is 78.5 Å². The maximum atomic E-state index is 12.9. The van der Waals surface area contributed by atoms with Crippen LogP contribution >= 0.6 is 36.1 Å². The minimum atomic E-state index is -5.15. The van der Waals surface area contributed by atoms with Gasteiger partial charge in [0.1, 0.15) is 21.9 Å². The van der Waals surface area contributed by atoms with Gasteiger partial charge in [-0.05, 0) is 71.8 Å². The highest BCUT2D eigenvalue weighted by Gasteiger charge is 2.26. The maximum absolute atomic E-state index is 12.9. The number of carboxylic acid groups (broad SMARTS) is 4. The van der Waals surface area contributed by atoms with Crippen molar-refractivity contribution in [3.8, 4) is 0 Å². The molecule has 0 saturated heterocycles. The Hall–Kier alpha value is -8.26. The van der Waals surface area contributed by atoms with Crippen molar-refractivity contribution in [3.05, 3.63) is 83.9 Å². The third-order valence-electron chi connectivity index (χ3n) is 9.93. The standard InChI is InChI=1S/C40H36N12O26S6/c53-31(54)15-25(33(57)58)45-39-50-36(47-37(51-39)43-23-14-22(82(64,65)66)8-9-27(23)80-77-74-62)42-20-6-4-18(30(12-20)84(70,71)72)2-1-17-3-5-19(11-28(17)81-78-75-63)41-35-48-38(52-40(49-35)46-26(34(59)60)16-32(55)56)44-24-13-21(79-76-73-61)7-10-29(24)83(67,68)69/h1-14,25-26,61-63H,15-16H2,(H,53,54)(H,55,56)(H,57,58)(H,59,60)(H,64,65,66)(H,67,68,69)(H,70,71,72)(H3,41,44,46,48,49,52)(H3,42,43,45,47,50,51)/b2-1+. The fourth-order valence-corrected chi connectivity index (χ4v) is 9.70. The molecule has 448 valence electrons. The Morgan fingerprint density at radius 2 is 0.929 bits per heavy atom. The van der Waals surface area contributed by atoms with Crippen LogP contribution in [0.3, 0.4) is 0 Å². The van der Waals surface area contributed by atoms with Crippen LogP contribution in [0.25, 0.3) is 12.2 Å². The maximum Gasteiger partial charge on any atom is 0.326 e. The molecule has 6 aromatic rings. The minimum absolute atomic E-state index is 0.0400. The lowest BCUT2D eigenvalue weighted by atomic mass is 10.1. The zero-order valence-corrected chi connectivity index (χ0v) is 45.7. The number of anilines is 10. The molecule has 6 rings (SSSR count). The van der Waals surface area contributed by atoms with Gasteiger partial charge in [-0.3, -0.25) is 23.2 Å². The number of carbonyl (C=O) groups is 4. The summed E-state index contributed by atoms with van der Waals surface area (Å²) < 4.78 is 118. The average molecular weight is 1290 g/mol. The third-order valence-corrected chi connectivity index (χ3v) is 14.5. The molecule has 2 atom stereocenters. The van der Waals surface area contributed by atoms with Crippen molar-refractivity contribution in [2.45, 2.75) is 54.3 Å². The number of benzene rings is 4. The van der Waals surface area contributed by atoms with Crippen molar-refractivity contribution in [1.82, 2.24) is 29.9 Å². The van der Waals surface area contributed by atoms with Crippen LogP contribution in [0.2, 0.25) is 0 Å². The highest BCUT2D eigenvalue weighted by molar-refractivity contribution is 7.95. The van der Waals surface area contributed by atoms with Crippen LogP contribution < -0.4 is 31.9 Å². The first-order valence-corrected chi connectivity index (χ1v) is 28.3. The number of carboxylic acids is 4. The summed E-state index contributed by atoms with van der Waals surface area (Å²) in [7, 11) is -15.0. The molecule has 38 nitrogen and oxygen atoms in total. The zero-order valence-electron chi connectivity index (χ0n) is 40.8. The van der Waals surface area contributed by atoms with Crippen molar-refractivity contribution in [2.75, 3.05) is 31.9 Å². The summed E-state index contributed by atoms with van der Waals surface area (Å²) in [5.74, 6) is -9.86. The average Bonchev–Trinajstić information content (AvgIpc) is 2.57. The highest BCUT2D eigenvalue weighted by Crippen LogP contribution is 2.35. The van der Waals surface area contributed by atoms with Gasteiger partial charge in [-0.15, -0.1) is 13.0 Å². The number of nitrogens with one attached hydrogen (secondary N) is 6. The van der Waals surface area contributed by atoms with Gasteiger partial charge >= 0.3 is 23.9 Å². The number of hydrogen-bond acceptors (Lipinski definition) is 34. The van der Waals surface area contributed by atoms with Gasteiger partial charge in [0.15, 0.2) is 0 Å². The molecule has 0 amide bonds. The Balaban J connectivity index is 1.36. The molecular weight excluding hydrogens is 1260 g/mol. The van der Waals surface area contributed by atoms with Crippen LogP contribution in [0.4, 0.5) is 58.4 Å². The number of hydrogen-bond donors (Lipinski definition) is 16. The van der Waals surface area contributed by atoms with E-state index in [0.29, 0.717) is 36.1 Å². The van der Waals surface area contributed by atoms with Crippen molar-refractivity contribution in [2.24, 2.45) is 0 Å². The Morgan fingerprint density at radius 1 is 0.476 bits per heavy atom. The zero-order chi connectivity index (χ0) is 61.5. The topological polar surface area (TPSA) is 578 Å². The molecule has 0 saturated carbocycles. The number of nitrogens with zero attached hydrogens (tertiary/aromatic N) is 6. The van der Waals surface area contributed by atoms with Gasteiger partial charge in [-0.1, -0.05) is 39.4 Å². The third kappa shape index (κ3) is 19.1. The fraction of sp³-hybridized carbons (Fsp3) is 0.100. The van der Waals surface area contributed by atoms with E-state index in [4.69, 9.17) is 15.8 Å². The SMILES string of the molecule is O=C(O)CC(Nc1nc(Nc2ccc(/C=C/c3ccc(Nc4nc(Nc5cc(SOOO)ccc5S(=O)(=O)O)nc(NC(CC(=O)O)C(=O)O)n4)cc3SOOO)c(S(=O)(=O)O)c2)nc(Nc2cc(S(=O)(=O)O)ccc2SOOO)n1)C(=O)O. The monoisotopic (exact) mass is 1290 g/mol. The summed E-state index contributed by atoms with van der Waals surface area (Å²) in [6.45, 7) is 0. The van der Waals surface area contributed by atoms with Crippen molar-refractivity contribution < 1.29 is 122 Å². The Bertz CT molecular complexity index is 3840. The van der Waals surface area contributed by atoms with Crippen LogP contribution in [-0.4, -0.2) is 141 Å². The second-order valence-electron chi connectivity index (χ2n) is 15.6. The van der Waals surface area contributed by atoms with Crippen LogP contribution in [0.15, 0.2) is 102 Å². The van der Waals surface area contributed by atoms with Crippen molar-refractivity contribution in [3.63, 3.8) is 0 Å². The first-order valence-electron chi connectivity index (χ1n) is 21.8. The molecule has 2 heterocycles. The van der Waals surface area contributed by atoms with E-state index >= 15 is 0 Å². The molecular formula is C40H36N12O26S6. The van der Waals surface area contributed by atoms with Crippen molar-refractivity contribution >= 4 is 161 Å². The quantitative estimate of drug-likeness (QED) is 0.00877. The predicted octanol–water partition coefficient (Wildman–Crippen LogP) is 4.91. The summed E-state index contributed by atoms with van der Waals surface area (Å²) in [4.78, 5) is 69.1. The summed E-state index contributed by atoms with van der Waals surface area (Å²) in [6, 6.07) is 9.48. The minimum Gasteiger partial charge on any atom is -0.481 e. The Morgan fingerprint density at radius 3 is 1.42 bits per heavy atom. The Kier molecular flexibility index (Phi) is 22.3. The van der Waals surface area contributed by atoms with Crippen LogP contribution in [0, 0.1) is 0 Å². The van der Waals surface area contributed by atoms with Gasteiger partial charge in [0, 0.05) is 21.2 Å². The van der Waals surface area contributed by atoms with Crippen molar-refractivity contribution in [1.29, 1.82) is 0 Å². The van der Waals surface area contributed by atoms with E-state index in [0.717, 1.165) is 48.5 Å². The Labute approximate surface area is 481 Å². The van der Waals surface area contributed by atoms with E-state index in [1.807, 2.05) is 0 Å². The fourth-order valence-electron chi connectivity index (χ4n) is 6.52. The van der Waals surface area contributed by atoms with E-state index in [1.165, 1.54) is 36.4 Å². The summed E-state index contributed by atoms with van der Waals surface area (Å²) >= 11 is 1.04. The van der Waals surface area contributed by atoms with E-state index in [2.05, 4.69) is 89.9 Å². The van der Waals surface area contributed by atoms with Gasteiger partial charge in [0.25, 0.3) is 30.4 Å². The van der Waals surface area contributed by atoms with Crippen LogP contribution in [0.5, 0.6) is 0 Å². The molecule has 4 aromatic carbocycles. The molecule has 16 N–H and O–H groups in total. The molecule has 44 heteroatoms. The van der Waals surface area contributed by atoms with Crippen LogP contribution in [-0.2, 0) is 77.6 Å². The molecule has 2 unspecified atom stereocenters. The second-order valence-corrected chi connectivity index (χ2v) is 22.1. The molecule has 84 heavy (non-hydrogen) atoms. The largest absolute Gasteiger partial charge is 0.481 e. The smallest absolute Gasteiger partial charge is 0.326 e. The number of aliphatic carboxylic acids is 4. The first kappa shape index (κ1) is 64.9. The molecule has 0 spiro atoms. The molecule has 0 aliphatic rings. The summed E-state index contributed by atoms with van der Waals surface area (Å²) in [5, 5.41) is 90.4. The number of aromatic nitrogens is 6. The molecule has 0 radical (unpaired) electrons. The van der Waals surface area contributed by atoms with Gasteiger partial charge < -0.3 is 52.3 Å². The van der Waals surface area contributed by atoms with E-state index in [1.54, 1.807) is 0 Å². The van der Waals surface area contributed by atoms with E-state index < -0.39 is 135 Å². The molecule has 0 aliphatic carbocycles. The van der Waals surface area contributed by atoms with Gasteiger partial charge in [-0.25, -0.2) is 25.4 Å². The lowest BCUT2D eigenvalue weighted by molar-refractivity contribution is -0.432.